The Morgan fingerprint density at radius 1 is 0.556 bits per heavy atom. The molecule has 14 heteroatoms. The number of rotatable bonds is 18. The van der Waals surface area contributed by atoms with Gasteiger partial charge in [0.25, 0.3) is 0 Å². The van der Waals surface area contributed by atoms with Gasteiger partial charge in [-0.25, -0.2) is 40.6 Å². The number of carbonyl (C=O) groups is 2. The second-order valence-corrected chi connectivity index (χ2v) is 10.2. The molecule has 0 aliphatic heterocycles. The number of Topliss-reactive ketones (excluding diaryl/α,β-unsaturated/α-hetero) is 2. The van der Waals surface area contributed by atoms with Gasteiger partial charge in [0.1, 0.15) is 11.6 Å². The molecule has 216 valence electrons. The van der Waals surface area contributed by atoms with Gasteiger partial charge in [0, 0.05) is 12.8 Å². The quantitative estimate of drug-likeness (QED) is 0.107. The van der Waals surface area contributed by atoms with Crippen LogP contribution in [0.15, 0.2) is 0 Å². The van der Waals surface area contributed by atoms with Crippen LogP contribution < -0.4 is 0 Å². The normalized spacial score (nSPS) is 18.4. The molecule has 4 unspecified atom stereocenters. The molecule has 0 aliphatic rings. The molecule has 0 bridgehead atoms. The van der Waals surface area contributed by atoms with Gasteiger partial charge >= 0.3 is 0 Å². The van der Waals surface area contributed by atoms with E-state index in [2.05, 4.69) is 19.6 Å². The van der Waals surface area contributed by atoms with Crippen LogP contribution in [0.25, 0.3) is 0 Å². The molecule has 14 nitrogen and oxygen atoms in total. The van der Waals surface area contributed by atoms with Gasteiger partial charge in [-0.1, -0.05) is 27.7 Å². The first kappa shape index (κ1) is 37.0. The van der Waals surface area contributed by atoms with Crippen molar-refractivity contribution in [1.82, 2.24) is 0 Å². The molecule has 0 aliphatic carbocycles. The zero-order valence-electron chi connectivity index (χ0n) is 22.9. The molecule has 0 rings (SSSR count). The summed E-state index contributed by atoms with van der Waals surface area (Å²) in [6.07, 6.45) is 0.246. The average molecular weight is 533 g/mol. The van der Waals surface area contributed by atoms with Crippen molar-refractivity contribution in [1.29, 1.82) is 0 Å². The Hall–Kier alpha value is -1.14. The first-order valence-electron chi connectivity index (χ1n) is 11.4. The molecule has 0 radical (unpaired) electrons. The zero-order valence-corrected chi connectivity index (χ0v) is 22.9. The van der Waals surface area contributed by atoms with Crippen LogP contribution in [0, 0.1) is 11.8 Å². The summed E-state index contributed by atoms with van der Waals surface area (Å²) in [5.74, 6) is -6.31. The van der Waals surface area contributed by atoms with Gasteiger partial charge < -0.3 is 0 Å². The van der Waals surface area contributed by atoms with Crippen LogP contribution in [-0.2, 0) is 48.7 Å². The zero-order chi connectivity index (χ0) is 28.8. The van der Waals surface area contributed by atoms with E-state index in [1.165, 1.54) is 27.7 Å². The maximum Gasteiger partial charge on any atom is 0.237 e. The van der Waals surface area contributed by atoms with E-state index in [0.717, 1.165) is 0 Å². The van der Waals surface area contributed by atoms with Gasteiger partial charge in [-0.15, -0.1) is 0 Å². The summed E-state index contributed by atoms with van der Waals surface area (Å²) in [5.41, 5.74) is 0. The summed E-state index contributed by atoms with van der Waals surface area (Å²) in [7, 11) is 0. The van der Waals surface area contributed by atoms with Crippen LogP contribution in [0.4, 0.5) is 0 Å². The van der Waals surface area contributed by atoms with Crippen LogP contribution in [0.1, 0.15) is 94.9 Å². The van der Waals surface area contributed by atoms with Gasteiger partial charge in [0.05, 0.1) is 12.8 Å². The second-order valence-electron chi connectivity index (χ2n) is 10.2. The van der Waals surface area contributed by atoms with Crippen molar-refractivity contribution in [3.63, 3.8) is 0 Å². The second kappa shape index (κ2) is 16.7. The number of ketones is 2. The molecule has 0 saturated heterocycles. The highest BCUT2D eigenvalue weighted by Crippen LogP contribution is 2.28. The number of hydrogen-bond donors (Lipinski definition) is 4. The number of hydrogen-bond acceptors (Lipinski definition) is 14. The fourth-order valence-electron chi connectivity index (χ4n) is 3.07. The molecule has 0 spiro atoms. The molecule has 0 aromatic carbocycles. The van der Waals surface area contributed by atoms with Crippen LogP contribution in [0.3, 0.4) is 0 Å². The molecule has 0 heterocycles. The Labute approximate surface area is 211 Å². The van der Waals surface area contributed by atoms with Crippen LogP contribution >= 0.6 is 0 Å². The standard InChI is InChI=1S/C12H26O6.C10H18O8/c1-9(2)7-11(5,15-13)17-18-12(6,16-14)8-10(3)4;1-7(11)5-9(3,15-13)17-18-10(4,16-14)6-8(2)12/h9-10,13-14H,7-8H2,1-6H3;13-14H,5-6H2,1-4H3. The van der Waals surface area contributed by atoms with E-state index in [0.29, 0.717) is 12.8 Å². The first-order valence-corrected chi connectivity index (χ1v) is 11.4. The lowest BCUT2D eigenvalue weighted by atomic mass is 10.0. The SMILES string of the molecule is CC(=O)CC(C)(OO)OOC(C)(CC(C)=O)OO.CC(C)CC(C)(OO)OOC(C)(CC(C)C)OO. The highest BCUT2D eigenvalue weighted by molar-refractivity contribution is 5.76. The average Bonchev–Trinajstić information content (AvgIpc) is 2.75. The molecule has 0 fully saturated rings. The van der Waals surface area contributed by atoms with Crippen molar-refractivity contribution in [3.05, 3.63) is 0 Å². The molecule has 0 amide bonds. The maximum absolute atomic E-state index is 10.9. The topological polar surface area (TPSA) is 189 Å². The van der Waals surface area contributed by atoms with E-state index in [1.54, 1.807) is 13.8 Å². The Morgan fingerprint density at radius 3 is 0.944 bits per heavy atom. The third-order valence-corrected chi connectivity index (χ3v) is 4.26. The third kappa shape index (κ3) is 16.6. The van der Waals surface area contributed by atoms with Crippen molar-refractivity contribution in [2.75, 3.05) is 0 Å². The molecule has 4 N–H and O–H groups in total. The van der Waals surface area contributed by atoms with Crippen LogP contribution in [0.5, 0.6) is 0 Å². The van der Waals surface area contributed by atoms with Crippen molar-refractivity contribution in [2.45, 2.75) is 118 Å². The van der Waals surface area contributed by atoms with Crippen molar-refractivity contribution in [3.8, 4) is 0 Å². The summed E-state index contributed by atoms with van der Waals surface area (Å²) in [4.78, 5) is 58.1. The maximum atomic E-state index is 10.9. The van der Waals surface area contributed by atoms with E-state index < -0.39 is 23.1 Å². The molecular weight excluding hydrogens is 488 g/mol. The fraction of sp³-hybridized carbons (Fsp3) is 0.909. The minimum atomic E-state index is -1.76. The molecular formula is C22H44O14. The fourth-order valence-corrected chi connectivity index (χ4v) is 3.07. The minimum absolute atomic E-state index is 0.233. The molecule has 0 saturated carbocycles. The van der Waals surface area contributed by atoms with Gasteiger partial charge in [-0.2, -0.15) is 19.6 Å². The minimum Gasteiger partial charge on any atom is -0.300 e. The van der Waals surface area contributed by atoms with Crippen molar-refractivity contribution < 1.29 is 69.7 Å². The van der Waals surface area contributed by atoms with E-state index >= 15 is 0 Å². The lowest BCUT2D eigenvalue weighted by Gasteiger charge is -2.32. The van der Waals surface area contributed by atoms with Crippen molar-refractivity contribution >= 4 is 11.6 Å². The monoisotopic (exact) mass is 532 g/mol. The largest absolute Gasteiger partial charge is 0.300 e. The highest BCUT2D eigenvalue weighted by atomic mass is 17.3. The lowest BCUT2D eigenvalue weighted by Crippen LogP contribution is -2.41. The molecule has 0 aromatic rings. The molecule has 0 aromatic heterocycles. The summed E-state index contributed by atoms with van der Waals surface area (Å²) < 4.78 is 0. The highest BCUT2D eigenvalue weighted by Gasteiger charge is 2.38. The van der Waals surface area contributed by atoms with Gasteiger partial charge in [0.15, 0.2) is 0 Å². The summed E-state index contributed by atoms with van der Waals surface area (Å²) in [6, 6.07) is 0. The molecule has 36 heavy (non-hydrogen) atoms. The van der Waals surface area contributed by atoms with Crippen molar-refractivity contribution in [2.24, 2.45) is 11.8 Å². The van der Waals surface area contributed by atoms with Crippen LogP contribution in [0.2, 0.25) is 0 Å². The third-order valence-electron chi connectivity index (χ3n) is 4.26. The predicted molar refractivity (Wildman–Crippen MR) is 122 cm³/mol. The van der Waals surface area contributed by atoms with E-state index in [1.807, 2.05) is 27.7 Å². The van der Waals surface area contributed by atoms with E-state index in [-0.39, 0.29) is 36.2 Å². The smallest absolute Gasteiger partial charge is 0.237 e. The van der Waals surface area contributed by atoms with E-state index in [9.17, 15) is 9.59 Å². The molecule has 4 atom stereocenters. The van der Waals surface area contributed by atoms with Gasteiger partial charge in [-0.05, 0) is 53.4 Å². The van der Waals surface area contributed by atoms with Gasteiger partial charge in [0.2, 0.25) is 23.1 Å². The first-order chi connectivity index (χ1) is 16.3. The Balaban J connectivity index is 0. The Kier molecular flexibility index (Phi) is 17.1. The summed E-state index contributed by atoms with van der Waals surface area (Å²) in [5, 5.41) is 35.1. The summed E-state index contributed by atoms with van der Waals surface area (Å²) in [6.45, 7) is 15.9. The summed E-state index contributed by atoms with van der Waals surface area (Å²) >= 11 is 0. The number of carbonyl (C=O) groups excluding carboxylic acids is 2. The Morgan fingerprint density at radius 2 is 0.778 bits per heavy atom. The predicted octanol–water partition coefficient (Wildman–Crippen LogP) is 4.74. The van der Waals surface area contributed by atoms with Gasteiger partial charge in [-0.3, -0.25) is 9.59 Å². The lowest BCUT2D eigenvalue weighted by molar-refractivity contribution is -0.568. The van der Waals surface area contributed by atoms with Crippen LogP contribution in [-0.4, -0.2) is 55.7 Å². The Bertz CT molecular complexity index is 590. The van der Waals surface area contributed by atoms with E-state index in [4.69, 9.17) is 40.6 Å².